The Labute approximate surface area is 101 Å². The minimum absolute atomic E-state index is 0.00475. The van der Waals surface area contributed by atoms with Gasteiger partial charge in [-0.25, -0.2) is 0 Å². The highest BCUT2D eigenvalue weighted by Gasteiger charge is 2.31. The zero-order valence-corrected chi connectivity index (χ0v) is 9.74. The lowest BCUT2D eigenvalue weighted by molar-refractivity contribution is -0.129. The molecular formula is C12H17N3O2. The third-order valence-corrected chi connectivity index (χ3v) is 3.65. The number of carbonyl (C=O) groups excluding carboxylic acids is 2. The van der Waals surface area contributed by atoms with Gasteiger partial charge in [0.2, 0.25) is 11.8 Å². The van der Waals surface area contributed by atoms with Gasteiger partial charge < -0.3 is 10.6 Å². The van der Waals surface area contributed by atoms with Crippen molar-refractivity contribution in [1.29, 1.82) is 5.26 Å². The summed E-state index contributed by atoms with van der Waals surface area (Å²) in [7, 11) is 0. The van der Waals surface area contributed by atoms with Crippen LogP contribution >= 0.6 is 0 Å². The second-order valence-corrected chi connectivity index (χ2v) is 4.82. The van der Waals surface area contributed by atoms with Gasteiger partial charge in [-0.3, -0.25) is 9.59 Å². The Morgan fingerprint density at radius 2 is 2.24 bits per heavy atom. The first-order valence-corrected chi connectivity index (χ1v) is 6.17. The van der Waals surface area contributed by atoms with Gasteiger partial charge in [0, 0.05) is 19.0 Å². The van der Waals surface area contributed by atoms with Crippen LogP contribution < -0.4 is 10.6 Å². The van der Waals surface area contributed by atoms with Crippen molar-refractivity contribution in [3.8, 4) is 6.07 Å². The predicted octanol–water partition coefficient (Wildman–Crippen LogP) is 0.321. The van der Waals surface area contributed by atoms with Crippen molar-refractivity contribution in [1.82, 2.24) is 10.6 Å². The number of nitriles is 1. The zero-order valence-electron chi connectivity index (χ0n) is 9.74. The summed E-state index contributed by atoms with van der Waals surface area (Å²) in [5, 5.41) is 14.6. The standard InChI is InChI=1S/C12H17N3O2/c13-6-8-2-1-3-10(8)15-12(17)9-4-5-11(16)14-7-9/h8-10H,1-5,7H2,(H,14,16)(H,15,17). The van der Waals surface area contributed by atoms with Crippen LogP contribution in [0.4, 0.5) is 0 Å². The van der Waals surface area contributed by atoms with Crippen LogP contribution in [-0.2, 0) is 9.59 Å². The van der Waals surface area contributed by atoms with Crippen LogP contribution in [0, 0.1) is 23.2 Å². The number of piperidine rings is 1. The van der Waals surface area contributed by atoms with E-state index in [-0.39, 0.29) is 29.7 Å². The smallest absolute Gasteiger partial charge is 0.225 e. The maximum Gasteiger partial charge on any atom is 0.225 e. The fourth-order valence-electron chi connectivity index (χ4n) is 2.54. The summed E-state index contributed by atoms with van der Waals surface area (Å²) in [6.45, 7) is 0.425. The minimum atomic E-state index is -0.132. The second-order valence-electron chi connectivity index (χ2n) is 4.82. The monoisotopic (exact) mass is 235 g/mol. The quantitative estimate of drug-likeness (QED) is 0.723. The zero-order chi connectivity index (χ0) is 12.3. The van der Waals surface area contributed by atoms with Gasteiger partial charge in [-0.1, -0.05) is 0 Å². The van der Waals surface area contributed by atoms with Crippen molar-refractivity contribution >= 4 is 11.8 Å². The molecule has 2 N–H and O–H groups in total. The molecule has 1 heterocycles. The number of hydrogen-bond acceptors (Lipinski definition) is 3. The second kappa shape index (κ2) is 5.17. The minimum Gasteiger partial charge on any atom is -0.355 e. The lowest BCUT2D eigenvalue weighted by Crippen LogP contribution is -2.46. The lowest BCUT2D eigenvalue weighted by atomic mass is 9.97. The number of nitrogens with one attached hydrogen (secondary N) is 2. The number of hydrogen-bond donors (Lipinski definition) is 2. The summed E-state index contributed by atoms with van der Waals surface area (Å²) in [6.07, 6.45) is 3.81. The Bertz CT molecular complexity index is 351. The molecule has 1 saturated heterocycles. The van der Waals surface area contributed by atoms with Crippen LogP contribution in [0.3, 0.4) is 0 Å². The van der Waals surface area contributed by atoms with Crippen LogP contribution in [-0.4, -0.2) is 24.4 Å². The maximum absolute atomic E-state index is 12.0. The lowest BCUT2D eigenvalue weighted by Gasteiger charge is -2.24. The van der Waals surface area contributed by atoms with E-state index < -0.39 is 0 Å². The van der Waals surface area contributed by atoms with E-state index in [2.05, 4.69) is 16.7 Å². The fraction of sp³-hybridized carbons (Fsp3) is 0.750. The highest BCUT2D eigenvalue weighted by atomic mass is 16.2. The van der Waals surface area contributed by atoms with E-state index in [1.165, 1.54) is 0 Å². The van der Waals surface area contributed by atoms with Crippen LogP contribution in [0.15, 0.2) is 0 Å². The van der Waals surface area contributed by atoms with Gasteiger partial charge in [0.15, 0.2) is 0 Å². The first-order chi connectivity index (χ1) is 8.20. The van der Waals surface area contributed by atoms with Crippen molar-refractivity contribution in [3.05, 3.63) is 0 Å². The van der Waals surface area contributed by atoms with Gasteiger partial charge in [0.25, 0.3) is 0 Å². The Morgan fingerprint density at radius 1 is 1.41 bits per heavy atom. The van der Waals surface area contributed by atoms with Crippen LogP contribution in [0.2, 0.25) is 0 Å². The normalized spacial score (nSPS) is 32.6. The molecule has 5 nitrogen and oxygen atoms in total. The highest BCUT2D eigenvalue weighted by Crippen LogP contribution is 2.25. The number of rotatable bonds is 2. The Morgan fingerprint density at radius 3 is 2.88 bits per heavy atom. The number of amides is 2. The molecule has 1 aliphatic heterocycles. The van der Waals surface area contributed by atoms with Gasteiger partial charge in [-0.05, 0) is 25.7 Å². The molecule has 2 aliphatic rings. The third kappa shape index (κ3) is 2.76. The molecule has 1 aliphatic carbocycles. The summed E-state index contributed by atoms with van der Waals surface area (Å²) in [5.74, 6) is -0.174. The molecule has 92 valence electrons. The largest absolute Gasteiger partial charge is 0.355 e. The average molecular weight is 235 g/mol. The number of carbonyl (C=O) groups is 2. The van der Waals surface area contributed by atoms with Gasteiger partial charge in [-0.15, -0.1) is 0 Å². The fourth-order valence-corrected chi connectivity index (χ4v) is 2.54. The third-order valence-electron chi connectivity index (χ3n) is 3.65. The van der Waals surface area contributed by atoms with E-state index in [1.807, 2.05) is 0 Å². The molecule has 0 radical (unpaired) electrons. The molecule has 3 atom stereocenters. The van der Waals surface area contributed by atoms with Crippen molar-refractivity contribution in [2.75, 3.05) is 6.54 Å². The summed E-state index contributed by atoms with van der Waals surface area (Å²) in [5.41, 5.74) is 0. The SMILES string of the molecule is N#CC1CCCC1NC(=O)C1CCC(=O)NC1. The van der Waals surface area contributed by atoms with E-state index in [0.29, 0.717) is 19.4 Å². The molecule has 5 heteroatoms. The van der Waals surface area contributed by atoms with E-state index in [0.717, 1.165) is 19.3 Å². The van der Waals surface area contributed by atoms with E-state index >= 15 is 0 Å². The van der Waals surface area contributed by atoms with E-state index in [9.17, 15) is 9.59 Å². The van der Waals surface area contributed by atoms with Crippen LogP contribution in [0.25, 0.3) is 0 Å². The molecule has 2 rings (SSSR count). The molecule has 0 bridgehead atoms. The average Bonchev–Trinajstić information content (AvgIpc) is 2.77. The molecule has 3 unspecified atom stereocenters. The van der Waals surface area contributed by atoms with E-state index in [4.69, 9.17) is 5.26 Å². The van der Waals surface area contributed by atoms with Gasteiger partial charge in [0.1, 0.15) is 0 Å². The Kier molecular flexibility index (Phi) is 3.62. The summed E-state index contributed by atoms with van der Waals surface area (Å²) >= 11 is 0. The molecule has 17 heavy (non-hydrogen) atoms. The first-order valence-electron chi connectivity index (χ1n) is 6.17. The summed E-state index contributed by atoms with van der Waals surface area (Å²) in [4.78, 5) is 22.9. The maximum atomic E-state index is 12.0. The Balaban J connectivity index is 1.85. The molecular weight excluding hydrogens is 218 g/mol. The summed E-state index contributed by atoms with van der Waals surface area (Å²) in [6, 6.07) is 2.25. The van der Waals surface area contributed by atoms with Gasteiger partial charge >= 0.3 is 0 Å². The topological polar surface area (TPSA) is 82.0 Å². The van der Waals surface area contributed by atoms with Crippen LogP contribution in [0.1, 0.15) is 32.1 Å². The number of nitrogens with zero attached hydrogens (tertiary/aromatic N) is 1. The summed E-state index contributed by atoms with van der Waals surface area (Å²) < 4.78 is 0. The van der Waals surface area contributed by atoms with Crippen molar-refractivity contribution in [3.63, 3.8) is 0 Å². The van der Waals surface area contributed by atoms with Crippen molar-refractivity contribution in [2.45, 2.75) is 38.1 Å². The molecule has 2 fully saturated rings. The van der Waals surface area contributed by atoms with Crippen molar-refractivity contribution < 1.29 is 9.59 Å². The van der Waals surface area contributed by atoms with Crippen molar-refractivity contribution in [2.24, 2.45) is 11.8 Å². The van der Waals surface area contributed by atoms with Gasteiger partial charge in [-0.2, -0.15) is 5.26 Å². The van der Waals surface area contributed by atoms with Gasteiger partial charge in [0.05, 0.1) is 17.9 Å². The predicted molar refractivity (Wildman–Crippen MR) is 60.6 cm³/mol. The molecule has 0 aromatic rings. The van der Waals surface area contributed by atoms with Crippen LogP contribution in [0.5, 0.6) is 0 Å². The van der Waals surface area contributed by atoms with E-state index in [1.54, 1.807) is 0 Å². The molecule has 0 aromatic heterocycles. The Hall–Kier alpha value is -1.57. The molecule has 1 saturated carbocycles. The molecule has 2 amide bonds. The molecule has 0 aromatic carbocycles. The first kappa shape index (κ1) is 11.9. The highest BCUT2D eigenvalue weighted by molar-refractivity contribution is 5.83. The molecule has 0 spiro atoms.